The van der Waals surface area contributed by atoms with Gasteiger partial charge in [0.1, 0.15) is 5.58 Å². The van der Waals surface area contributed by atoms with E-state index >= 15 is 0 Å². The molecule has 9 aromatic rings. The number of fused-ring (bicyclic) bond motifs is 11. The quantitative estimate of drug-likeness (QED) is 0.168. The number of rotatable bonds is 2. The SMILES string of the molecule is Cc1cc2c3c(c1)N(c1ccc(C(C)(C)C)cc1-c1ccccc1)c1cc4c(cc1B3n1c3oc5ccccc5c3c3cccc-2c31)Oc1ccccc1O4. The molecule has 0 N–H and O–H groups in total. The van der Waals surface area contributed by atoms with E-state index in [1.807, 2.05) is 24.3 Å². The molecular weight excluding hydrogens is 675 g/mol. The van der Waals surface area contributed by atoms with Crippen molar-refractivity contribution in [3.8, 4) is 45.3 Å². The van der Waals surface area contributed by atoms with Gasteiger partial charge in [-0.2, -0.15) is 0 Å². The lowest BCUT2D eigenvalue weighted by Crippen LogP contribution is -2.56. The van der Waals surface area contributed by atoms with E-state index in [0.29, 0.717) is 23.0 Å². The molecule has 12 rings (SSSR count). The van der Waals surface area contributed by atoms with Gasteiger partial charge in [-0.15, -0.1) is 0 Å². The zero-order valence-corrected chi connectivity index (χ0v) is 31.0. The third-order valence-corrected chi connectivity index (χ3v) is 11.8. The average molecular weight is 711 g/mol. The molecule has 5 heterocycles. The van der Waals surface area contributed by atoms with Gasteiger partial charge < -0.3 is 23.3 Å². The summed E-state index contributed by atoms with van der Waals surface area (Å²) in [5, 5.41) is 3.48. The van der Waals surface area contributed by atoms with Gasteiger partial charge in [0.25, 0.3) is 0 Å². The van der Waals surface area contributed by atoms with E-state index < -0.39 is 0 Å². The van der Waals surface area contributed by atoms with Crippen LogP contribution in [0.25, 0.3) is 55.2 Å². The van der Waals surface area contributed by atoms with Crippen molar-refractivity contribution in [2.45, 2.75) is 33.1 Å². The summed E-state index contributed by atoms with van der Waals surface area (Å²) in [6.45, 7) is 8.86. The van der Waals surface area contributed by atoms with Crippen molar-refractivity contribution in [1.82, 2.24) is 4.48 Å². The number of hydrogen-bond donors (Lipinski definition) is 0. The molecule has 0 saturated heterocycles. The van der Waals surface area contributed by atoms with Crippen LogP contribution >= 0.6 is 0 Å². The maximum atomic E-state index is 6.88. The summed E-state index contributed by atoms with van der Waals surface area (Å²) >= 11 is 0. The van der Waals surface area contributed by atoms with E-state index in [1.165, 1.54) is 49.7 Å². The lowest BCUT2D eigenvalue weighted by molar-refractivity contribution is 0.360. The highest BCUT2D eigenvalue weighted by atomic mass is 16.6. The first-order chi connectivity index (χ1) is 26.8. The van der Waals surface area contributed by atoms with Crippen LogP contribution in [0.4, 0.5) is 17.1 Å². The van der Waals surface area contributed by atoms with Crippen molar-refractivity contribution in [2.24, 2.45) is 0 Å². The average Bonchev–Trinajstić information content (AvgIpc) is 3.73. The van der Waals surface area contributed by atoms with Gasteiger partial charge >= 0.3 is 6.85 Å². The number of para-hydroxylation sites is 4. The maximum absolute atomic E-state index is 6.88. The van der Waals surface area contributed by atoms with Crippen LogP contribution in [0.1, 0.15) is 31.9 Å². The Morgan fingerprint density at radius 1 is 0.564 bits per heavy atom. The minimum Gasteiger partial charge on any atom is -0.450 e. The Kier molecular flexibility index (Phi) is 6.00. The van der Waals surface area contributed by atoms with Gasteiger partial charge in [0, 0.05) is 44.9 Å². The maximum Gasteiger partial charge on any atom is 0.336 e. The van der Waals surface area contributed by atoms with Crippen molar-refractivity contribution in [3.05, 3.63) is 151 Å². The third-order valence-electron chi connectivity index (χ3n) is 11.8. The summed E-state index contributed by atoms with van der Waals surface area (Å²) < 4.78 is 22.7. The zero-order chi connectivity index (χ0) is 36.7. The van der Waals surface area contributed by atoms with Crippen molar-refractivity contribution < 1.29 is 13.9 Å². The van der Waals surface area contributed by atoms with Gasteiger partial charge in [-0.3, -0.25) is 0 Å². The number of benzene rings is 7. The molecule has 0 bridgehead atoms. The topological polar surface area (TPSA) is 39.8 Å². The van der Waals surface area contributed by atoms with Gasteiger partial charge in [0.2, 0.25) is 0 Å². The Hall–Kier alpha value is -6.66. The molecule has 0 saturated carbocycles. The van der Waals surface area contributed by atoms with Crippen LogP contribution < -0.4 is 25.3 Å². The molecule has 2 aromatic heterocycles. The summed E-state index contributed by atoms with van der Waals surface area (Å²) in [7, 11) is 0. The molecule has 55 heavy (non-hydrogen) atoms. The van der Waals surface area contributed by atoms with Crippen molar-refractivity contribution in [2.75, 3.05) is 4.90 Å². The van der Waals surface area contributed by atoms with Crippen molar-refractivity contribution >= 4 is 67.8 Å². The summed E-state index contributed by atoms with van der Waals surface area (Å²) in [4.78, 5) is 2.47. The lowest BCUT2D eigenvalue weighted by atomic mass is 9.45. The van der Waals surface area contributed by atoms with Gasteiger partial charge in [-0.25, -0.2) is 0 Å². The fourth-order valence-electron chi connectivity index (χ4n) is 9.36. The summed E-state index contributed by atoms with van der Waals surface area (Å²) in [5.41, 5.74) is 15.9. The molecule has 5 nitrogen and oxygen atoms in total. The van der Waals surface area contributed by atoms with E-state index in [-0.39, 0.29) is 12.3 Å². The Morgan fingerprint density at radius 2 is 1.29 bits per heavy atom. The molecule has 0 radical (unpaired) electrons. The highest BCUT2D eigenvalue weighted by Gasteiger charge is 2.45. The smallest absolute Gasteiger partial charge is 0.336 e. The molecule has 3 aliphatic heterocycles. The number of hydrogen-bond acceptors (Lipinski definition) is 4. The number of anilines is 3. The Bertz CT molecular complexity index is 3110. The molecule has 6 heteroatoms. The number of ether oxygens (including phenoxy) is 2. The second-order valence-corrected chi connectivity index (χ2v) is 16.2. The minimum absolute atomic E-state index is 0.0332. The number of furan rings is 1. The van der Waals surface area contributed by atoms with Crippen LogP contribution in [0.5, 0.6) is 23.0 Å². The molecule has 0 aliphatic carbocycles. The second-order valence-electron chi connectivity index (χ2n) is 16.2. The largest absolute Gasteiger partial charge is 0.450 e. The Balaban J connectivity index is 1.22. The Morgan fingerprint density at radius 3 is 2.09 bits per heavy atom. The fourth-order valence-corrected chi connectivity index (χ4v) is 9.36. The minimum atomic E-state index is -0.201. The molecule has 0 atom stereocenters. The third kappa shape index (κ3) is 4.19. The van der Waals surface area contributed by atoms with Gasteiger partial charge in [-0.05, 0) is 88.0 Å². The molecule has 0 fully saturated rings. The standard InChI is InChI=1S/C49H35BN2O3/c1-28-23-35-31-16-12-17-33-45-32-15-8-9-18-40(32)55-48(45)52(47(31)33)50-36-26-43-44(54-42-20-11-10-19-41(42)53-43)27-38(36)51(39(24-28)46(35)50)37-22-21-30(49(2,3)4)25-34(37)29-13-6-5-7-14-29/h5-27H,1-4H3. The predicted octanol–water partition coefficient (Wildman–Crippen LogP) is 12.1. The van der Waals surface area contributed by atoms with E-state index in [4.69, 9.17) is 13.9 Å². The zero-order valence-electron chi connectivity index (χ0n) is 31.0. The van der Waals surface area contributed by atoms with Crippen molar-refractivity contribution in [3.63, 3.8) is 0 Å². The van der Waals surface area contributed by atoms with Gasteiger partial charge in [-0.1, -0.05) is 112 Å². The van der Waals surface area contributed by atoms with E-state index in [1.54, 1.807) is 0 Å². The van der Waals surface area contributed by atoms with E-state index in [0.717, 1.165) is 44.6 Å². The molecule has 3 aliphatic rings. The molecule has 262 valence electrons. The van der Waals surface area contributed by atoms with Crippen LogP contribution in [-0.2, 0) is 5.41 Å². The monoisotopic (exact) mass is 710 g/mol. The highest BCUT2D eigenvalue weighted by molar-refractivity contribution is 6.90. The van der Waals surface area contributed by atoms with Crippen LogP contribution in [0.15, 0.2) is 144 Å². The molecule has 0 spiro atoms. The van der Waals surface area contributed by atoms with Gasteiger partial charge in [0.05, 0.1) is 11.1 Å². The van der Waals surface area contributed by atoms with Crippen LogP contribution in [0.3, 0.4) is 0 Å². The van der Waals surface area contributed by atoms with Crippen molar-refractivity contribution in [1.29, 1.82) is 0 Å². The number of aryl methyl sites for hydroxylation is 1. The lowest BCUT2D eigenvalue weighted by Gasteiger charge is -2.41. The fraction of sp³-hybridized carbons (Fsp3) is 0.102. The first-order valence-electron chi connectivity index (χ1n) is 19.0. The molecule has 0 unspecified atom stereocenters. The normalized spacial score (nSPS) is 13.7. The predicted molar refractivity (Wildman–Crippen MR) is 225 cm³/mol. The van der Waals surface area contributed by atoms with E-state index in [9.17, 15) is 0 Å². The number of aromatic nitrogens is 1. The summed E-state index contributed by atoms with van der Waals surface area (Å²) in [6, 6.07) is 49.9. The first-order valence-corrected chi connectivity index (χ1v) is 19.0. The van der Waals surface area contributed by atoms with Crippen LogP contribution in [-0.4, -0.2) is 11.3 Å². The van der Waals surface area contributed by atoms with Gasteiger partial charge in [0.15, 0.2) is 28.7 Å². The molecule has 0 amide bonds. The van der Waals surface area contributed by atoms with E-state index in [2.05, 4.69) is 152 Å². The summed E-state index contributed by atoms with van der Waals surface area (Å²) in [6.07, 6.45) is 0. The van der Waals surface area contributed by atoms with Crippen LogP contribution in [0.2, 0.25) is 0 Å². The first kappa shape index (κ1) is 30.8. The molecular formula is C49H35BN2O3. The Labute approximate surface area is 319 Å². The molecule has 7 aromatic carbocycles. The highest BCUT2D eigenvalue weighted by Crippen LogP contribution is 2.52. The summed E-state index contributed by atoms with van der Waals surface area (Å²) in [5.74, 6) is 2.80. The number of nitrogens with zero attached hydrogens (tertiary/aromatic N) is 2. The van der Waals surface area contributed by atoms with Crippen LogP contribution in [0, 0.1) is 6.92 Å². The second kappa shape index (κ2) is 10.7.